The highest BCUT2D eigenvalue weighted by molar-refractivity contribution is 6.05. The van der Waals surface area contributed by atoms with Crippen molar-refractivity contribution in [2.45, 2.75) is 38.6 Å². The van der Waals surface area contributed by atoms with Crippen LogP contribution in [0, 0.1) is 0 Å². The smallest absolute Gasteiger partial charge is 0.324 e. The third-order valence-corrected chi connectivity index (χ3v) is 3.66. The van der Waals surface area contributed by atoms with Crippen LogP contribution in [0.5, 0.6) is 0 Å². The van der Waals surface area contributed by atoms with Crippen LogP contribution in [-0.4, -0.2) is 46.9 Å². The maximum atomic E-state index is 12.0. The van der Waals surface area contributed by atoms with Crippen LogP contribution in [0.4, 0.5) is 4.79 Å². The molecule has 0 saturated carbocycles. The fraction of sp³-hybridized carbons (Fsp3) is 0.500. The fourth-order valence-electron chi connectivity index (χ4n) is 2.48. The predicted octanol–water partition coefficient (Wildman–Crippen LogP) is 0.851. The molecule has 2 rings (SSSR count). The molecule has 7 nitrogen and oxygen atoms in total. The second-order valence-corrected chi connectivity index (χ2v) is 5.51. The molecule has 1 atom stereocenters. The van der Waals surface area contributed by atoms with Crippen molar-refractivity contribution in [1.82, 2.24) is 20.5 Å². The average molecular weight is 318 g/mol. The summed E-state index contributed by atoms with van der Waals surface area (Å²) in [4.78, 5) is 40.7. The Kier molecular flexibility index (Phi) is 6.08. The number of aromatic nitrogens is 1. The Morgan fingerprint density at radius 1 is 1.35 bits per heavy atom. The summed E-state index contributed by atoms with van der Waals surface area (Å²) in [6.07, 6.45) is 5.83. The number of nitrogens with zero attached hydrogens (tertiary/aromatic N) is 2. The van der Waals surface area contributed by atoms with Crippen molar-refractivity contribution in [3.8, 4) is 0 Å². The van der Waals surface area contributed by atoms with E-state index < -0.39 is 12.1 Å². The van der Waals surface area contributed by atoms with Crippen LogP contribution in [-0.2, 0) is 16.0 Å². The Balaban J connectivity index is 1.69. The number of hydrogen-bond donors (Lipinski definition) is 2. The van der Waals surface area contributed by atoms with Crippen LogP contribution in [0.15, 0.2) is 24.5 Å². The van der Waals surface area contributed by atoms with Crippen LogP contribution in [0.3, 0.4) is 0 Å². The number of hydrogen-bond acceptors (Lipinski definition) is 4. The number of pyridine rings is 1. The molecule has 0 radical (unpaired) electrons. The SMILES string of the molecule is CCCN1C(=O)N[C@@H](CC(=O)NCCCc2ccncc2)C1=O. The Morgan fingerprint density at radius 3 is 2.78 bits per heavy atom. The van der Waals surface area contributed by atoms with Crippen molar-refractivity contribution in [3.05, 3.63) is 30.1 Å². The molecule has 0 bridgehead atoms. The van der Waals surface area contributed by atoms with Gasteiger partial charge < -0.3 is 10.6 Å². The zero-order valence-corrected chi connectivity index (χ0v) is 13.2. The molecule has 7 heteroatoms. The standard InChI is InChI=1S/C16H22N4O3/c1-2-10-20-15(22)13(19-16(20)23)11-14(21)18-7-3-4-12-5-8-17-9-6-12/h5-6,8-9,13H,2-4,7,10-11H2,1H3,(H,18,21)(H,19,23)/t13-/m0/s1. The van der Waals surface area contributed by atoms with Crippen molar-refractivity contribution in [3.63, 3.8) is 0 Å². The molecule has 1 aliphatic rings. The van der Waals surface area contributed by atoms with Gasteiger partial charge in [0, 0.05) is 25.5 Å². The first-order chi connectivity index (χ1) is 11.1. The summed E-state index contributed by atoms with van der Waals surface area (Å²) in [7, 11) is 0. The van der Waals surface area contributed by atoms with Gasteiger partial charge in [0.25, 0.3) is 5.91 Å². The molecule has 23 heavy (non-hydrogen) atoms. The minimum atomic E-state index is -0.741. The maximum absolute atomic E-state index is 12.0. The normalized spacial score (nSPS) is 17.3. The summed E-state index contributed by atoms with van der Waals surface area (Å²) in [6, 6.07) is 2.73. The second-order valence-electron chi connectivity index (χ2n) is 5.51. The van der Waals surface area contributed by atoms with E-state index in [-0.39, 0.29) is 18.2 Å². The summed E-state index contributed by atoms with van der Waals surface area (Å²) in [5.74, 6) is -0.541. The first kappa shape index (κ1) is 16.9. The highest BCUT2D eigenvalue weighted by Crippen LogP contribution is 2.10. The van der Waals surface area contributed by atoms with Crippen LogP contribution in [0.1, 0.15) is 31.7 Å². The maximum Gasteiger partial charge on any atom is 0.324 e. The van der Waals surface area contributed by atoms with Crippen molar-refractivity contribution in [2.75, 3.05) is 13.1 Å². The Hall–Kier alpha value is -2.44. The molecular formula is C16H22N4O3. The van der Waals surface area contributed by atoms with Gasteiger partial charge in [-0.15, -0.1) is 0 Å². The van der Waals surface area contributed by atoms with Crippen LogP contribution in [0.2, 0.25) is 0 Å². The number of aryl methyl sites for hydroxylation is 1. The van der Waals surface area contributed by atoms with E-state index in [0.29, 0.717) is 19.5 Å². The van der Waals surface area contributed by atoms with Gasteiger partial charge >= 0.3 is 6.03 Å². The minimum Gasteiger partial charge on any atom is -0.356 e. The van der Waals surface area contributed by atoms with E-state index in [1.54, 1.807) is 12.4 Å². The van der Waals surface area contributed by atoms with Gasteiger partial charge in [-0.3, -0.25) is 19.5 Å². The Morgan fingerprint density at radius 2 is 2.09 bits per heavy atom. The first-order valence-electron chi connectivity index (χ1n) is 7.89. The van der Waals surface area contributed by atoms with Gasteiger partial charge in [-0.2, -0.15) is 0 Å². The molecule has 2 heterocycles. The zero-order valence-electron chi connectivity index (χ0n) is 13.2. The van der Waals surface area contributed by atoms with E-state index in [4.69, 9.17) is 0 Å². The number of urea groups is 1. The molecule has 0 aromatic carbocycles. The van der Waals surface area contributed by atoms with Crippen LogP contribution < -0.4 is 10.6 Å². The summed E-state index contributed by atoms with van der Waals surface area (Å²) in [6.45, 7) is 2.81. The van der Waals surface area contributed by atoms with E-state index >= 15 is 0 Å². The summed E-state index contributed by atoms with van der Waals surface area (Å²) in [5, 5.41) is 5.34. The van der Waals surface area contributed by atoms with Gasteiger partial charge in [-0.25, -0.2) is 4.79 Å². The molecule has 0 unspecified atom stereocenters. The van der Waals surface area contributed by atoms with Crippen LogP contribution >= 0.6 is 0 Å². The largest absolute Gasteiger partial charge is 0.356 e. The van der Waals surface area contributed by atoms with E-state index in [2.05, 4.69) is 15.6 Å². The molecule has 1 aromatic heterocycles. The lowest BCUT2D eigenvalue weighted by molar-refractivity contribution is -0.130. The van der Waals surface area contributed by atoms with Gasteiger partial charge in [0.1, 0.15) is 6.04 Å². The second kappa shape index (κ2) is 8.26. The molecular weight excluding hydrogens is 296 g/mol. The van der Waals surface area contributed by atoms with Crippen LogP contribution in [0.25, 0.3) is 0 Å². The molecule has 2 N–H and O–H groups in total. The number of nitrogens with one attached hydrogen (secondary N) is 2. The lowest BCUT2D eigenvalue weighted by atomic mass is 10.1. The van der Waals surface area contributed by atoms with Gasteiger partial charge in [-0.1, -0.05) is 6.92 Å². The lowest BCUT2D eigenvalue weighted by Gasteiger charge is -2.11. The number of amides is 4. The fourth-order valence-corrected chi connectivity index (χ4v) is 2.48. The van der Waals surface area contributed by atoms with E-state index in [1.165, 1.54) is 10.5 Å². The molecule has 0 aliphatic carbocycles. The summed E-state index contributed by atoms with van der Waals surface area (Å²) < 4.78 is 0. The molecule has 1 aliphatic heterocycles. The summed E-state index contributed by atoms with van der Waals surface area (Å²) >= 11 is 0. The molecule has 1 fully saturated rings. The van der Waals surface area contributed by atoms with Gasteiger partial charge in [-0.05, 0) is 37.0 Å². The lowest BCUT2D eigenvalue weighted by Crippen LogP contribution is -2.37. The Labute approximate surface area is 135 Å². The predicted molar refractivity (Wildman–Crippen MR) is 84.5 cm³/mol. The van der Waals surface area contributed by atoms with Crippen molar-refractivity contribution in [1.29, 1.82) is 0 Å². The highest BCUT2D eigenvalue weighted by atomic mass is 16.2. The molecule has 0 spiro atoms. The Bertz CT molecular complexity index is 562. The van der Waals surface area contributed by atoms with E-state index in [1.807, 2.05) is 19.1 Å². The minimum absolute atomic E-state index is 0.0138. The van der Waals surface area contributed by atoms with Gasteiger partial charge in [0.15, 0.2) is 0 Å². The topological polar surface area (TPSA) is 91.4 Å². The molecule has 4 amide bonds. The van der Waals surface area contributed by atoms with Gasteiger partial charge in [0.05, 0.1) is 6.42 Å². The van der Waals surface area contributed by atoms with Crippen molar-refractivity contribution < 1.29 is 14.4 Å². The van der Waals surface area contributed by atoms with E-state index in [0.717, 1.165) is 12.8 Å². The average Bonchev–Trinajstić information content (AvgIpc) is 2.80. The number of rotatable bonds is 8. The molecule has 1 saturated heterocycles. The third kappa shape index (κ3) is 4.77. The highest BCUT2D eigenvalue weighted by Gasteiger charge is 2.38. The van der Waals surface area contributed by atoms with Gasteiger partial charge in [0.2, 0.25) is 5.91 Å². The molecule has 124 valence electrons. The zero-order chi connectivity index (χ0) is 16.7. The number of carbonyl (C=O) groups excluding carboxylic acids is 3. The summed E-state index contributed by atoms with van der Waals surface area (Å²) in [5.41, 5.74) is 1.17. The third-order valence-electron chi connectivity index (χ3n) is 3.66. The molecule has 1 aromatic rings. The number of carbonyl (C=O) groups is 3. The van der Waals surface area contributed by atoms with Crippen molar-refractivity contribution >= 4 is 17.8 Å². The van der Waals surface area contributed by atoms with E-state index in [9.17, 15) is 14.4 Å². The quantitative estimate of drug-likeness (QED) is 0.549. The number of imide groups is 1. The van der Waals surface area contributed by atoms with Crippen molar-refractivity contribution in [2.24, 2.45) is 0 Å². The monoisotopic (exact) mass is 318 g/mol. The first-order valence-corrected chi connectivity index (χ1v) is 7.89.